The molecule has 1 fully saturated rings. The van der Waals surface area contributed by atoms with E-state index in [0.717, 1.165) is 5.56 Å². The predicted octanol–water partition coefficient (Wildman–Crippen LogP) is 3.54. The number of methoxy groups -OCH3 is 1. The van der Waals surface area contributed by atoms with Gasteiger partial charge in [0.05, 0.1) is 44.7 Å². The number of hydrogen-bond donors (Lipinski definition) is 1. The minimum Gasteiger partial charge on any atom is -0.474 e. The standard InChI is InChI=1S/C27H27F2N5O4S/c1-36-27(39)30-13-20-14-34(32-31-20)21-11-22(28)24(23(29)12-21)17-7-9-33(10-8-17)25(35)19-15-37-26(38-16-19)18-5-3-2-4-6-18/h2-7,11-12,14,19,26H,8-10,13,15-16H2,1H3,(H,30,39). The van der Waals surface area contributed by atoms with E-state index in [9.17, 15) is 4.79 Å². The third-order valence-electron chi connectivity index (χ3n) is 6.59. The van der Waals surface area contributed by atoms with E-state index in [1.54, 1.807) is 17.2 Å². The first-order chi connectivity index (χ1) is 18.9. The molecule has 5 rings (SSSR count). The van der Waals surface area contributed by atoms with Crippen LogP contribution in [-0.2, 0) is 25.5 Å². The van der Waals surface area contributed by atoms with Gasteiger partial charge >= 0.3 is 0 Å². The number of thiocarbonyl (C=S) groups is 1. The molecule has 0 unspecified atom stereocenters. The van der Waals surface area contributed by atoms with Crippen LogP contribution in [0.1, 0.15) is 29.5 Å². The molecule has 0 spiro atoms. The average Bonchev–Trinajstić information content (AvgIpc) is 3.45. The lowest BCUT2D eigenvalue weighted by atomic mass is 9.97. The molecule has 1 saturated heterocycles. The van der Waals surface area contributed by atoms with Crippen molar-refractivity contribution in [2.45, 2.75) is 19.3 Å². The number of nitrogens with zero attached hydrogens (tertiary/aromatic N) is 4. The Morgan fingerprint density at radius 3 is 2.54 bits per heavy atom. The second-order valence-corrected chi connectivity index (χ2v) is 9.52. The number of hydrogen-bond acceptors (Lipinski definition) is 7. The van der Waals surface area contributed by atoms with Gasteiger partial charge in [0.1, 0.15) is 17.3 Å². The van der Waals surface area contributed by atoms with Gasteiger partial charge in [-0.15, -0.1) is 5.10 Å². The van der Waals surface area contributed by atoms with Gasteiger partial charge in [0, 0.05) is 36.3 Å². The number of aromatic nitrogens is 3. The zero-order valence-corrected chi connectivity index (χ0v) is 22.0. The number of amides is 1. The first-order valence-electron chi connectivity index (χ1n) is 12.4. The molecule has 204 valence electrons. The third kappa shape index (κ3) is 6.13. The van der Waals surface area contributed by atoms with Crippen LogP contribution in [0.15, 0.2) is 54.7 Å². The molecule has 2 aromatic carbocycles. The summed E-state index contributed by atoms with van der Waals surface area (Å²) in [6.07, 6.45) is 3.06. The maximum absolute atomic E-state index is 15.1. The Morgan fingerprint density at radius 2 is 1.90 bits per heavy atom. The largest absolute Gasteiger partial charge is 0.474 e. The third-order valence-corrected chi connectivity index (χ3v) is 6.90. The highest BCUT2D eigenvalue weighted by Gasteiger charge is 2.32. The molecular formula is C27H27F2N5O4S. The van der Waals surface area contributed by atoms with Crippen molar-refractivity contribution in [3.63, 3.8) is 0 Å². The van der Waals surface area contributed by atoms with Crippen LogP contribution in [-0.4, -0.2) is 64.4 Å². The van der Waals surface area contributed by atoms with Gasteiger partial charge in [0.15, 0.2) is 6.29 Å². The number of carbonyl (C=O) groups is 1. The van der Waals surface area contributed by atoms with Crippen LogP contribution >= 0.6 is 12.2 Å². The molecule has 0 atom stereocenters. The molecule has 1 aromatic heterocycles. The van der Waals surface area contributed by atoms with Gasteiger partial charge in [0.25, 0.3) is 5.17 Å². The molecule has 0 saturated carbocycles. The maximum atomic E-state index is 15.1. The lowest BCUT2D eigenvalue weighted by Crippen LogP contribution is -2.44. The quantitative estimate of drug-likeness (QED) is 0.462. The fourth-order valence-electron chi connectivity index (χ4n) is 4.54. The Hall–Kier alpha value is -3.74. The Morgan fingerprint density at radius 1 is 1.18 bits per heavy atom. The molecule has 0 aliphatic carbocycles. The molecule has 2 aliphatic heterocycles. The van der Waals surface area contributed by atoms with E-state index in [2.05, 4.69) is 15.6 Å². The second kappa shape index (κ2) is 12.0. The van der Waals surface area contributed by atoms with Crippen LogP contribution < -0.4 is 5.32 Å². The van der Waals surface area contributed by atoms with Crippen LogP contribution in [0.25, 0.3) is 11.3 Å². The molecular weight excluding hydrogens is 528 g/mol. The summed E-state index contributed by atoms with van der Waals surface area (Å²) in [5.41, 5.74) is 2.02. The predicted molar refractivity (Wildman–Crippen MR) is 141 cm³/mol. The first-order valence-corrected chi connectivity index (χ1v) is 12.8. The fourth-order valence-corrected chi connectivity index (χ4v) is 4.61. The van der Waals surface area contributed by atoms with Crippen LogP contribution in [0.3, 0.4) is 0 Å². The van der Waals surface area contributed by atoms with Crippen molar-refractivity contribution in [1.29, 1.82) is 0 Å². The first kappa shape index (κ1) is 26.9. The van der Waals surface area contributed by atoms with Crippen LogP contribution in [0.2, 0.25) is 0 Å². The summed E-state index contributed by atoms with van der Waals surface area (Å²) in [5.74, 6) is -1.96. The monoisotopic (exact) mass is 555 g/mol. The van der Waals surface area contributed by atoms with Crippen molar-refractivity contribution in [2.75, 3.05) is 33.4 Å². The smallest absolute Gasteiger partial charge is 0.256 e. The van der Waals surface area contributed by atoms with Gasteiger partial charge in [-0.05, 0) is 24.2 Å². The molecule has 1 N–H and O–H groups in total. The fraction of sp³-hybridized carbons (Fsp3) is 0.333. The van der Waals surface area contributed by atoms with E-state index >= 15 is 8.78 Å². The average molecular weight is 556 g/mol. The highest BCUT2D eigenvalue weighted by molar-refractivity contribution is 7.80. The molecule has 12 heteroatoms. The Balaban J connectivity index is 1.20. The zero-order chi connectivity index (χ0) is 27.4. The normalized spacial score (nSPS) is 19.4. The maximum Gasteiger partial charge on any atom is 0.256 e. The Labute approximate surface area is 229 Å². The van der Waals surface area contributed by atoms with Gasteiger partial charge in [-0.3, -0.25) is 4.79 Å². The molecule has 2 aliphatic rings. The van der Waals surface area contributed by atoms with Crippen LogP contribution in [0, 0.1) is 17.6 Å². The van der Waals surface area contributed by atoms with Crippen molar-refractivity contribution < 1.29 is 27.8 Å². The molecule has 0 radical (unpaired) electrons. The summed E-state index contributed by atoms with van der Waals surface area (Å²) in [6.45, 7) is 1.33. The molecule has 9 nitrogen and oxygen atoms in total. The van der Waals surface area contributed by atoms with E-state index < -0.39 is 23.8 Å². The van der Waals surface area contributed by atoms with Crippen LogP contribution in [0.5, 0.6) is 0 Å². The van der Waals surface area contributed by atoms with Crippen molar-refractivity contribution in [3.05, 3.63) is 83.2 Å². The van der Waals surface area contributed by atoms with E-state index in [4.69, 9.17) is 26.4 Å². The van der Waals surface area contributed by atoms with Gasteiger partial charge < -0.3 is 24.4 Å². The molecule has 1 amide bonds. The van der Waals surface area contributed by atoms with Crippen molar-refractivity contribution >= 4 is 28.9 Å². The summed E-state index contributed by atoms with van der Waals surface area (Å²) >= 11 is 4.92. The van der Waals surface area contributed by atoms with Crippen LogP contribution in [0.4, 0.5) is 8.78 Å². The highest BCUT2D eigenvalue weighted by Crippen LogP contribution is 2.31. The highest BCUT2D eigenvalue weighted by atomic mass is 32.1. The van der Waals surface area contributed by atoms with Crippen molar-refractivity contribution in [2.24, 2.45) is 5.92 Å². The van der Waals surface area contributed by atoms with Gasteiger partial charge in [-0.1, -0.05) is 41.6 Å². The van der Waals surface area contributed by atoms with Gasteiger partial charge in [0.2, 0.25) is 5.91 Å². The number of benzene rings is 2. The molecule has 3 heterocycles. The number of rotatable bonds is 6. The summed E-state index contributed by atoms with van der Waals surface area (Å²) in [6, 6.07) is 12.0. The SMILES string of the molecule is COC(=S)NCc1cn(-c2cc(F)c(C3=CCN(C(=O)C4COC(c5ccccc5)OC4)CC3)c(F)c2)nn1. The van der Waals surface area contributed by atoms with E-state index in [-0.39, 0.29) is 48.6 Å². The van der Waals surface area contributed by atoms with E-state index in [1.807, 2.05) is 30.3 Å². The van der Waals surface area contributed by atoms with Crippen molar-refractivity contribution in [1.82, 2.24) is 25.2 Å². The Kier molecular flexibility index (Phi) is 8.24. The summed E-state index contributed by atoms with van der Waals surface area (Å²) in [5, 5.41) is 10.9. The zero-order valence-electron chi connectivity index (χ0n) is 21.2. The lowest BCUT2D eigenvalue weighted by molar-refractivity contribution is -0.208. The van der Waals surface area contributed by atoms with Crippen molar-refractivity contribution in [3.8, 4) is 5.69 Å². The molecule has 39 heavy (non-hydrogen) atoms. The second-order valence-electron chi connectivity index (χ2n) is 9.15. The number of ether oxygens (including phenoxy) is 3. The molecule has 0 bridgehead atoms. The summed E-state index contributed by atoms with van der Waals surface area (Å²) in [7, 11) is 1.44. The summed E-state index contributed by atoms with van der Waals surface area (Å²) < 4.78 is 47.9. The summed E-state index contributed by atoms with van der Waals surface area (Å²) in [4.78, 5) is 14.7. The lowest BCUT2D eigenvalue weighted by Gasteiger charge is -2.34. The van der Waals surface area contributed by atoms with Gasteiger partial charge in [-0.2, -0.15) is 0 Å². The number of halogens is 2. The minimum atomic E-state index is -0.715. The molecule has 3 aromatic rings. The minimum absolute atomic E-state index is 0.101. The topological polar surface area (TPSA) is 90.7 Å². The number of nitrogens with one attached hydrogen (secondary N) is 1. The van der Waals surface area contributed by atoms with E-state index in [0.29, 0.717) is 24.2 Å². The Bertz CT molecular complexity index is 1350. The van der Waals surface area contributed by atoms with E-state index in [1.165, 1.54) is 23.9 Å². The van der Waals surface area contributed by atoms with Gasteiger partial charge in [-0.25, -0.2) is 13.5 Å². The number of carbonyl (C=O) groups excluding carboxylic acids is 1.